The number of terminal acetylenes is 1. The maximum Gasteiger partial charge on any atom is 0.243 e. The second-order valence-corrected chi connectivity index (χ2v) is 6.14. The summed E-state index contributed by atoms with van der Waals surface area (Å²) in [5.41, 5.74) is 0. The summed E-state index contributed by atoms with van der Waals surface area (Å²) in [6.45, 7) is 2.96. The van der Waals surface area contributed by atoms with Crippen molar-refractivity contribution in [2.24, 2.45) is 0 Å². The lowest BCUT2D eigenvalue weighted by atomic mass is 10.3. The van der Waals surface area contributed by atoms with E-state index in [9.17, 15) is 8.42 Å². The molecule has 0 spiro atoms. The van der Waals surface area contributed by atoms with Crippen LogP contribution in [0.15, 0.2) is 35.2 Å². The van der Waals surface area contributed by atoms with Gasteiger partial charge in [-0.3, -0.25) is 4.90 Å². The first-order valence-corrected chi connectivity index (χ1v) is 7.29. The van der Waals surface area contributed by atoms with E-state index in [4.69, 9.17) is 6.42 Å². The number of rotatable bonds is 3. The van der Waals surface area contributed by atoms with E-state index in [-0.39, 0.29) is 0 Å². The third kappa shape index (κ3) is 2.72. The van der Waals surface area contributed by atoms with E-state index in [1.165, 1.54) is 4.31 Å². The van der Waals surface area contributed by atoms with Gasteiger partial charge >= 0.3 is 0 Å². The molecule has 0 radical (unpaired) electrons. The molecule has 0 atom stereocenters. The van der Waals surface area contributed by atoms with Crippen LogP contribution in [0, 0.1) is 12.3 Å². The summed E-state index contributed by atoms with van der Waals surface area (Å²) in [5, 5.41) is 0. The molecule has 2 rings (SSSR count). The number of benzene rings is 1. The smallest absolute Gasteiger partial charge is 0.243 e. The van der Waals surface area contributed by atoms with Gasteiger partial charge in [-0.1, -0.05) is 24.1 Å². The van der Waals surface area contributed by atoms with E-state index in [1.807, 2.05) is 6.07 Å². The van der Waals surface area contributed by atoms with Gasteiger partial charge in [-0.25, -0.2) is 8.42 Å². The Morgan fingerprint density at radius 2 is 1.72 bits per heavy atom. The summed E-state index contributed by atoms with van der Waals surface area (Å²) in [5.74, 6) is 2.58. The van der Waals surface area contributed by atoms with Gasteiger partial charge in [0.05, 0.1) is 11.4 Å². The van der Waals surface area contributed by atoms with Gasteiger partial charge in [0.25, 0.3) is 0 Å². The van der Waals surface area contributed by atoms with Gasteiger partial charge in [0.2, 0.25) is 10.0 Å². The van der Waals surface area contributed by atoms with Crippen LogP contribution in [0.1, 0.15) is 0 Å². The first kappa shape index (κ1) is 13.1. The minimum absolute atomic E-state index is 0.357. The van der Waals surface area contributed by atoms with E-state index in [0.717, 1.165) is 0 Å². The summed E-state index contributed by atoms with van der Waals surface area (Å²) >= 11 is 0. The van der Waals surface area contributed by atoms with Crippen molar-refractivity contribution in [1.29, 1.82) is 0 Å². The molecule has 1 aliphatic rings. The zero-order chi connectivity index (χ0) is 13.0. The van der Waals surface area contributed by atoms with Crippen LogP contribution in [0.25, 0.3) is 0 Å². The van der Waals surface area contributed by atoms with Gasteiger partial charge in [0.1, 0.15) is 0 Å². The second-order valence-electron chi connectivity index (χ2n) is 4.20. The Morgan fingerprint density at radius 3 is 2.28 bits per heavy atom. The van der Waals surface area contributed by atoms with Crippen LogP contribution in [-0.2, 0) is 10.0 Å². The highest BCUT2D eigenvalue weighted by Crippen LogP contribution is 2.16. The number of nitrogens with zero attached hydrogens (tertiary/aromatic N) is 2. The first-order chi connectivity index (χ1) is 8.64. The zero-order valence-corrected chi connectivity index (χ0v) is 10.9. The summed E-state index contributed by atoms with van der Waals surface area (Å²) in [6, 6.07) is 8.54. The fourth-order valence-electron chi connectivity index (χ4n) is 2.00. The van der Waals surface area contributed by atoms with Crippen molar-refractivity contribution in [3.8, 4) is 12.3 Å². The third-order valence-corrected chi connectivity index (χ3v) is 4.94. The Bertz CT molecular complexity index is 526. The molecule has 0 aromatic heterocycles. The number of hydrogen-bond acceptors (Lipinski definition) is 3. The third-order valence-electron chi connectivity index (χ3n) is 3.03. The van der Waals surface area contributed by atoms with Gasteiger partial charge < -0.3 is 0 Å². The molecule has 0 saturated carbocycles. The topological polar surface area (TPSA) is 40.6 Å². The highest BCUT2D eigenvalue weighted by Gasteiger charge is 2.27. The lowest BCUT2D eigenvalue weighted by Gasteiger charge is -2.32. The summed E-state index contributed by atoms with van der Waals surface area (Å²) in [7, 11) is -3.35. The lowest BCUT2D eigenvalue weighted by molar-refractivity contribution is 0.207. The van der Waals surface area contributed by atoms with Crippen LogP contribution >= 0.6 is 0 Å². The van der Waals surface area contributed by atoms with Gasteiger partial charge in [0, 0.05) is 26.2 Å². The van der Waals surface area contributed by atoms with Crippen molar-refractivity contribution < 1.29 is 8.42 Å². The van der Waals surface area contributed by atoms with Crippen LogP contribution in [0.5, 0.6) is 0 Å². The summed E-state index contributed by atoms with van der Waals surface area (Å²) in [4.78, 5) is 2.44. The zero-order valence-electron chi connectivity index (χ0n) is 10.1. The fraction of sp³-hybridized carbons (Fsp3) is 0.385. The number of sulfonamides is 1. The molecule has 1 aromatic carbocycles. The molecule has 1 heterocycles. The van der Waals surface area contributed by atoms with Crippen molar-refractivity contribution in [1.82, 2.24) is 9.21 Å². The molecule has 0 bridgehead atoms. The molecule has 0 aliphatic carbocycles. The lowest BCUT2D eigenvalue weighted by Crippen LogP contribution is -2.48. The molecule has 0 unspecified atom stereocenters. The normalized spacial score (nSPS) is 18.4. The van der Waals surface area contributed by atoms with Crippen molar-refractivity contribution in [2.45, 2.75) is 4.90 Å². The van der Waals surface area contributed by atoms with E-state index in [2.05, 4.69) is 10.8 Å². The van der Waals surface area contributed by atoms with E-state index >= 15 is 0 Å². The average molecular weight is 264 g/mol. The van der Waals surface area contributed by atoms with Crippen LogP contribution in [0.2, 0.25) is 0 Å². The number of hydrogen-bond donors (Lipinski definition) is 0. The second kappa shape index (κ2) is 5.53. The van der Waals surface area contributed by atoms with Gasteiger partial charge in [-0.05, 0) is 12.1 Å². The molecular formula is C13H16N2O2S. The molecular weight excluding hydrogens is 248 g/mol. The maximum atomic E-state index is 12.3. The Kier molecular flexibility index (Phi) is 4.02. The quantitative estimate of drug-likeness (QED) is 0.752. The van der Waals surface area contributed by atoms with E-state index < -0.39 is 10.0 Å². The van der Waals surface area contributed by atoms with Crippen LogP contribution in [0.4, 0.5) is 0 Å². The van der Waals surface area contributed by atoms with Crippen molar-refractivity contribution in [3.05, 3.63) is 30.3 Å². The monoisotopic (exact) mass is 264 g/mol. The molecule has 96 valence electrons. The standard InChI is InChI=1S/C13H16N2O2S/c1-2-8-14-9-11-15(12-10-14)18(16,17)13-6-4-3-5-7-13/h1,3-7H,8-12H2. The molecule has 0 N–H and O–H groups in total. The average Bonchev–Trinajstić information content (AvgIpc) is 2.41. The Hall–Kier alpha value is -1.35. The van der Waals surface area contributed by atoms with Crippen molar-refractivity contribution in [2.75, 3.05) is 32.7 Å². The summed E-state index contributed by atoms with van der Waals surface area (Å²) in [6.07, 6.45) is 5.25. The molecule has 1 fully saturated rings. The largest absolute Gasteiger partial charge is 0.290 e. The Morgan fingerprint density at radius 1 is 1.11 bits per heavy atom. The molecule has 5 heteroatoms. The molecule has 1 saturated heterocycles. The molecule has 18 heavy (non-hydrogen) atoms. The van der Waals surface area contributed by atoms with Crippen molar-refractivity contribution >= 4 is 10.0 Å². The highest BCUT2D eigenvalue weighted by atomic mass is 32.2. The SMILES string of the molecule is C#CCN1CCN(S(=O)(=O)c2ccccc2)CC1. The molecule has 1 aromatic rings. The predicted octanol–water partition coefficient (Wildman–Crippen LogP) is 0.626. The Balaban J connectivity index is 2.08. The van der Waals surface area contributed by atoms with Crippen molar-refractivity contribution in [3.63, 3.8) is 0 Å². The maximum absolute atomic E-state index is 12.3. The molecule has 4 nitrogen and oxygen atoms in total. The Labute approximate surface area is 108 Å². The van der Waals surface area contributed by atoms with E-state index in [1.54, 1.807) is 24.3 Å². The van der Waals surface area contributed by atoms with Crippen LogP contribution in [-0.4, -0.2) is 50.3 Å². The first-order valence-electron chi connectivity index (χ1n) is 5.85. The fourth-order valence-corrected chi connectivity index (χ4v) is 3.44. The minimum Gasteiger partial charge on any atom is -0.290 e. The van der Waals surface area contributed by atoms with Crippen LogP contribution < -0.4 is 0 Å². The molecule has 1 aliphatic heterocycles. The van der Waals surface area contributed by atoms with E-state index in [0.29, 0.717) is 37.6 Å². The van der Waals surface area contributed by atoms with Gasteiger partial charge in [-0.2, -0.15) is 4.31 Å². The van der Waals surface area contributed by atoms with Gasteiger partial charge in [-0.15, -0.1) is 6.42 Å². The van der Waals surface area contributed by atoms with Crippen LogP contribution in [0.3, 0.4) is 0 Å². The minimum atomic E-state index is -3.35. The number of piperazine rings is 1. The molecule has 0 amide bonds. The predicted molar refractivity (Wildman–Crippen MR) is 70.5 cm³/mol. The van der Waals surface area contributed by atoms with Gasteiger partial charge in [0.15, 0.2) is 0 Å². The highest BCUT2D eigenvalue weighted by molar-refractivity contribution is 7.89. The summed E-state index contributed by atoms with van der Waals surface area (Å²) < 4.78 is 26.2.